The van der Waals surface area contributed by atoms with Crippen molar-refractivity contribution in [1.29, 1.82) is 0 Å². The van der Waals surface area contributed by atoms with E-state index in [0.717, 1.165) is 10.9 Å². The van der Waals surface area contributed by atoms with E-state index in [9.17, 15) is 12.6 Å². The molecule has 4 nitrogen and oxygen atoms in total. The van der Waals surface area contributed by atoms with Crippen molar-refractivity contribution in [2.75, 3.05) is 5.75 Å². The molecule has 0 aliphatic carbocycles. The van der Waals surface area contributed by atoms with Crippen molar-refractivity contribution in [3.63, 3.8) is 0 Å². The molecule has 0 aliphatic rings. The van der Waals surface area contributed by atoms with Gasteiger partial charge in [-0.2, -0.15) is 8.42 Å². The largest absolute Gasteiger partial charge is 0.290 e. The van der Waals surface area contributed by atoms with Gasteiger partial charge >= 0.3 is 0 Å². The first-order valence-electron chi connectivity index (χ1n) is 10.1. The topological polar surface area (TPSA) is 63.6 Å². The fraction of sp³-hybridized carbons (Fsp3) is 0.0769. The van der Waals surface area contributed by atoms with Crippen LogP contribution in [0.3, 0.4) is 0 Å². The molecule has 0 spiro atoms. The maximum Gasteiger partial charge on any atom is 0.290 e. The predicted octanol–water partition coefficient (Wildman–Crippen LogP) is 6.03. The van der Waals surface area contributed by atoms with Crippen LogP contribution in [-0.4, -0.2) is 18.4 Å². The van der Waals surface area contributed by atoms with Gasteiger partial charge in [0.15, 0.2) is 0 Å². The molecular formula is C26H23NO3S2. The summed E-state index contributed by atoms with van der Waals surface area (Å²) in [6.45, 7) is 3.89. The number of benzene rings is 4. The number of hydrogen-bond donors (Lipinski definition) is 0. The molecule has 0 saturated carbocycles. The normalized spacial score (nSPS) is 14.4. The van der Waals surface area contributed by atoms with E-state index >= 15 is 0 Å². The molecule has 4 aromatic rings. The summed E-state index contributed by atoms with van der Waals surface area (Å²) in [5.74, 6) is -0.315. The Labute approximate surface area is 189 Å². The Morgan fingerprint density at radius 1 is 0.750 bits per heavy atom. The van der Waals surface area contributed by atoms with Crippen LogP contribution < -0.4 is 0 Å². The van der Waals surface area contributed by atoms with E-state index in [1.165, 1.54) is 6.07 Å². The summed E-state index contributed by atoms with van der Waals surface area (Å²) in [7, 11) is -7.55. The molecule has 0 unspecified atom stereocenters. The van der Waals surface area contributed by atoms with Crippen molar-refractivity contribution in [3.05, 3.63) is 121 Å². The van der Waals surface area contributed by atoms with Crippen LogP contribution in [0.4, 0.5) is 0 Å². The molecule has 0 N–H and O–H groups in total. The average molecular weight is 462 g/mol. The van der Waals surface area contributed by atoms with Crippen LogP contribution in [0, 0.1) is 0 Å². The number of hydrogen-bond acceptors (Lipinski definition) is 3. The first-order valence-corrected chi connectivity index (χ1v) is 13.3. The molecule has 2 atom stereocenters. The van der Waals surface area contributed by atoms with Gasteiger partial charge in [0.1, 0.15) is 0 Å². The zero-order valence-electron chi connectivity index (χ0n) is 17.4. The van der Waals surface area contributed by atoms with E-state index in [1.54, 1.807) is 54.6 Å². The molecule has 4 rings (SSSR count). The lowest BCUT2D eigenvalue weighted by Crippen LogP contribution is -2.16. The summed E-state index contributed by atoms with van der Waals surface area (Å²) >= 11 is 0. The van der Waals surface area contributed by atoms with Gasteiger partial charge in [0.2, 0.25) is 0 Å². The van der Waals surface area contributed by atoms with Crippen molar-refractivity contribution in [2.45, 2.75) is 15.7 Å². The van der Waals surface area contributed by atoms with E-state index < -0.39 is 19.8 Å². The third kappa shape index (κ3) is 4.52. The third-order valence-electron chi connectivity index (χ3n) is 5.28. The van der Waals surface area contributed by atoms with Crippen molar-refractivity contribution in [2.24, 2.45) is 3.77 Å². The fourth-order valence-corrected chi connectivity index (χ4v) is 8.15. The summed E-state index contributed by atoms with van der Waals surface area (Å²) in [5.41, 5.74) is 0.906. The summed E-state index contributed by atoms with van der Waals surface area (Å²) in [5, 5.41) is 1.33. The van der Waals surface area contributed by atoms with Crippen LogP contribution in [0.1, 0.15) is 11.5 Å². The minimum absolute atomic E-state index is 0.00846. The van der Waals surface area contributed by atoms with Gasteiger partial charge in [-0.15, -0.1) is 10.3 Å². The molecule has 0 radical (unpaired) electrons. The Morgan fingerprint density at radius 3 is 2.03 bits per heavy atom. The maximum atomic E-state index is 14.3. The molecule has 0 saturated heterocycles. The van der Waals surface area contributed by atoms with Gasteiger partial charge in [-0.1, -0.05) is 91.0 Å². The SMILES string of the molecule is C=C[C@H](C[S@@](=O)(=NS(=O)(=O)c1cccc2ccccc12)c1ccccc1)c1ccccc1. The number of sulfonamides is 1. The number of fused-ring (bicyclic) bond motifs is 1. The first kappa shape index (κ1) is 22.0. The molecular weight excluding hydrogens is 438 g/mol. The predicted molar refractivity (Wildman–Crippen MR) is 131 cm³/mol. The molecule has 0 bridgehead atoms. The number of allylic oxidation sites excluding steroid dienone is 1. The smallest absolute Gasteiger partial charge is 0.244 e. The zero-order chi connectivity index (χ0) is 22.6. The van der Waals surface area contributed by atoms with Crippen molar-refractivity contribution in [3.8, 4) is 0 Å². The standard InChI is InChI=1S/C26H23NO3S2/c1-2-21(22-12-5-3-6-13-22)20-31(28,24-16-7-4-8-17-24)27-32(29,30)26-19-11-15-23-14-9-10-18-25(23)26/h2-19,21H,1,20H2/t21-,31+/m1/s1. The monoisotopic (exact) mass is 461 g/mol. The second-order valence-electron chi connectivity index (χ2n) is 7.40. The van der Waals surface area contributed by atoms with Crippen LogP contribution in [0.5, 0.6) is 0 Å². The van der Waals surface area contributed by atoms with Gasteiger partial charge in [0.25, 0.3) is 10.0 Å². The van der Waals surface area contributed by atoms with Crippen molar-refractivity contribution < 1.29 is 12.6 Å². The van der Waals surface area contributed by atoms with E-state index in [-0.39, 0.29) is 16.6 Å². The summed E-state index contributed by atoms with van der Waals surface area (Å²) in [4.78, 5) is 0.431. The highest BCUT2D eigenvalue weighted by atomic mass is 32.3. The Balaban J connectivity index is 1.90. The quantitative estimate of drug-likeness (QED) is 0.316. The molecule has 32 heavy (non-hydrogen) atoms. The molecule has 4 aromatic carbocycles. The summed E-state index contributed by atoms with van der Waals surface area (Å²) in [6, 6.07) is 30.3. The number of rotatable bonds is 7. The summed E-state index contributed by atoms with van der Waals surface area (Å²) < 4.78 is 45.3. The third-order valence-corrected chi connectivity index (χ3v) is 9.76. The number of nitrogens with zero attached hydrogens (tertiary/aromatic N) is 1. The van der Waals surface area contributed by atoms with E-state index in [0.29, 0.717) is 10.3 Å². The lowest BCUT2D eigenvalue weighted by molar-refractivity contribution is 0.598. The van der Waals surface area contributed by atoms with Crippen LogP contribution in [0.25, 0.3) is 10.8 Å². The molecule has 0 fully saturated rings. The Kier molecular flexibility index (Phi) is 6.26. The highest BCUT2D eigenvalue weighted by molar-refractivity contribution is 8.03. The summed E-state index contributed by atoms with van der Waals surface area (Å²) in [6.07, 6.45) is 1.69. The molecule has 0 aliphatic heterocycles. The fourth-order valence-electron chi connectivity index (χ4n) is 3.67. The molecule has 6 heteroatoms. The van der Waals surface area contributed by atoms with Gasteiger partial charge in [-0.05, 0) is 29.1 Å². The Bertz CT molecular complexity index is 1470. The maximum absolute atomic E-state index is 14.3. The lowest BCUT2D eigenvalue weighted by atomic mass is 10.0. The molecule has 162 valence electrons. The van der Waals surface area contributed by atoms with Crippen LogP contribution in [0.15, 0.2) is 129 Å². The average Bonchev–Trinajstić information content (AvgIpc) is 2.83. The lowest BCUT2D eigenvalue weighted by Gasteiger charge is -2.17. The van der Waals surface area contributed by atoms with Crippen LogP contribution in [0.2, 0.25) is 0 Å². The van der Waals surface area contributed by atoms with E-state index in [4.69, 9.17) is 0 Å². The highest BCUT2D eigenvalue weighted by Crippen LogP contribution is 2.29. The van der Waals surface area contributed by atoms with Gasteiger partial charge in [0, 0.05) is 22.0 Å². The van der Waals surface area contributed by atoms with Crippen LogP contribution >= 0.6 is 0 Å². The second kappa shape index (κ2) is 9.10. The Hall–Kier alpha value is -3.22. The Morgan fingerprint density at radius 2 is 1.34 bits per heavy atom. The minimum atomic E-state index is -4.21. The molecule has 0 amide bonds. The zero-order valence-corrected chi connectivity index (χ0v) is 19.0. The van der Waals surface area contributed by atoms with Crippen molar-refractivity contribution >= 4 is 30.5 Å². The van der Waals surface area contributed by atoms with E-state index in [2.05, 4.69) is 10.3 Å². The van der Waals surface area contributed by atoms with Gasteiger partial charge in [-0.3, -0.25) is 0 Å². The van der Waals surface area contributed by atoms with E-state index in [1.807, 2.05) is 48.5 Å². The molecule has 0 aromatic heterocycles. The first-order chi connectivity index (χ1) is 15.4. The minimum Gasteiger partial charge on any atom is -0.244 e. The second-order valence-corrected chi connectivity index (χ2v) is 11.5. The van der Waals surface area contributed by atoms with Gasteiger partial charge < -0.3 is 0 Å². The van der Waals surface area contributed by atoms with Gasteiger partial charge in [0.05, 0.1) is 14.6 Å². The van der Waals surface area contributed by atoms with Crippen LogP contribution in [-0.2, 0) is 19.8 Å². The van der Waals surface area contributed by atoms with Crippen molar-refractivity contribution in [1.82, 2.24) is 0 Å². The van der Waals surface area contributed by atoms with Gasteiger partial charge in [-0.25, -0.2) is 4.21 Å². The highest BCUT2D eigenvalue weighted by Gasteiger charge is 2.25. The molecule has 0 heterocycles.